The molecule has 0 aliphatic heterocycles. The average molecular weight is 1560 g/mol. The predicted octanol–water partition coefficient (Wildman–Crippen LogP) is 29.3. The fourth-order valence-corrected chi connectivity index (χ4v) is 16.8. The zero-order chi connectivity index (χ0) is 81.1. The van der Waals surface area contributed by atoms with Crippen molar-refractivity contribution in [1.82, 2.24) is 39.0 Å². The molecule has 4 aromatic heterocycles. The predicted molar refractivity (Wildman–Crippen MR) is 504 cm³/mol. The summed E-state index contributed by atoms with van der Waals surface area (Å²) in [6.45, 7) is 0. The lowest BCUT2D eigenvalue weighted by Crippen LogP contribution is -2.00. The Hall–Kier alpha value is -16.4. The van der Waals surface area contributed by atoms with Gasteiger partial charge in [-0.15, -0.1) is 0 Å². The van der Waals surface area contributed by atoms with E-state index in [1.165, 1.54) is 65.9 Å². The zero-order valence-corrected chi connectivity index (χ0v) is 66.5. The molecule has 0 radical (unpaired) electrons. The monoisotopic (exact) mass is 1560 g/mol. The van der Waals surface area contributed by atoms with E-state index in [0.717, 1.165) is 112 Å². The van der Waals surface area contributed by atoms with Crippen LogP contribution in [0.2, 0.25) is 0 Å². The number of fused-ring (bicyclic) bond motifs is 6. The van der Waals surface area contributed by atoms with Crippen LogP contribution in [0.25, 0.3) is 212 Å². The summed E-state index contributed by atoms with van der Waals surface area (Å²) in [7, 11) is 0. The number of rotatable bonds is 16. The molecule has 0 saturated heterocycles. The Morgan fingerprint density at radius 2 is 0.352 bits per heavy atom. The van der Waals surface area contributed by atoms with Gasteiger partial charge in [-0.1, -0.05) is 376 Å². The average Bonchev–Trinajstić information content (AvgIpc) is 1.57. The molecular weight excluding hydrogens is 1480 g/mol. The van der Waals surface area contributed by atoms with Crippen LogP contribution in [0.1, 0.15) is 0 Å². The molecule has 0 unspecified atom stereocenters. The molecule has 22 aromatic rings. The third-order valence-electron chi connectivity index (χ3n) is 23.0. The van der Waals surface area contributed by atoms with E-state index in [1.54, 1.807) is 0 Å². The van der Waals surface area contributed by atoms with Gasteiger partial charge in [0.05, 0.1) is 22.1 Å². The van der Waals surface area contributed by atoms with Crippen molar-refractivity contribution < 1.29 is 0 Å². The smallest absolute Gasteiger partial charge is 0.164 e. The fraction of sp³-hybridized carbons (Fsp3) is 0. The second-order valence-corrected chi connectivity index (χ2v) is 30.5. The van der Waals surface area contributed by atoms with Crippen LogP contribution in [0.3, 0.4) is 0 Å². The third kappa shape index (κ3) is 14.7. The Morgan fingerprint density at radius 1 is 0.123 bits per heavy atom. The van der Waals surface area contributed by atoms with Gasteiger partial charge in [0, 0.05) is 66.3 Å². The molecular formula is C114H76N8. The number of hydrogen-bond donors (Lipinski definition) is 0. The maximum atomic E-state index is 5.16. The number of aromatic nitrogens is 8. The highest BCUT2D eigenvalue weighted by atomic mass is 15.0. The molecule has 4 heterocycles. The highest BCUT2D eigenvalue weighted by Crippen LogP contribution is 2.42. The van der Waals surface area contributed by atoms with Crippen LogP contribution in [0.15, 0.2) is 461 Å². The van der Waals surface area contributed by atoms with E-state index >= 15 is 0 Å². The zero-order valence-electron chi connectivity index (χ0n) is 66.5. The van der Waals surface area contributed by atoms with E-state index in [0.29, 0.717) is 34.9 Å². The molecule has 0 amide bonds. The second-order valence-electron chi connectivity index (χ2n) is 30.5. The fourth-order valence-electron chi connectivity index (χ4n) is 16.8. The molecule has 0 bridgehead atoms. The van der Waals surface area contributed by atoms with Gasteiger partial charge >= 0.3 is 0 Å². The molecule has 22 rings (SSSR count). The molecule has 8 nitrogen and oxygen atoms in total. The molecule has 0 atom stereocenters. The number of nitrogens with zero attached hydrogens (tertiary/aromatic N) is 8. The van der Waals surface area contributed by atoms with Crippen LogP contribution in [-0.4, -0.2) is 39.0 Å². The van der Waals surface area contributed by atoms with Crippen molar-refractivity contribution in [3.63, 3.8) is 0 Å². The Morgan fingerprint density at radius 3 is 0.713 bits per heavy atom. The van der Waals surface area contributed by atoms with Crippen molar-refractivity contribution >= 4 is 43.6 Å². The van der Waals surface area contributed by atoms with E-state index in [-0.39, 0.29) is 0 Å². The van der Waals surface area contributed by atoms with Crippen molar-refractivity contribution in [2.24, 2.45) is 0 Å². The minimum atomic E-state index is 0.624. The summed E-state index contributed by atoms with van der Waals surface area (Å²) in [6, 6.07) is 162. The summed E-state index contributed by atoms with van der Waals surface area (Å²) in [4.78, 5) is 30.5. The van der Waals surface area contributed by atoms with Crippen molar-refractivity contribution in [2.45, 2.75) is 0 Å². The van der Waals surface area contributed by atoms with Gasteiger partial charge in [0.25, 0.3) is 0 Å². The number of hydrogen-bond acceptors (Lipinski definition) is 6. The Balaban J connectivity index is 0.000000150. The lowest BCUT2D eigenvalue weighted by molar-refractivity contribution is 1.07. The summed E-state index contributed by atoms with van der Waals surface area (Å²) in [5.74, 6) is 3.77. The van der Waals surface area contributed by atoms with Crippen LogP contribution >= 0.6 is 0 Å². The van der Waals surface area contributed by atoms with Crippen LogP contribution in [0, 0.1) is 0 Å². The second kappa shape index (κ2) is 32.6. The lowest BCUT2D eigenvalue weighted by Gasteiger charge is -2.14. The van der Waals surface area contributed by atoms with Gasteiger partial charge in [0.15, 0.2) is 34.9 Å². The van der Waals surface area contributed by atoms with Crippen LogP contribution in [0.5, 0.6) is 0 Å². The molecule has 18 aromatic carbocycles. The van der Waals surface area contributed by atoms with Crippen molar-refractivity contribution in [3.8, 4) is 169 Å². The minimum Gasteiger partial charge on any atom is -0.309 e. The molecule has 122 heavy (non-hydrogen) atoms. The van der Waals surface area contributed by atoms with E-state index < -0.39 is 0 Å². The first kappa shape index (κ1) is 73.2. The molecule has 572 valence electrons. The molecule has 0 aliphatic rings. The number of benzene rings is 18. The maximum Gasteiger partial charge on any atom is 0.164 e. The van der Waals surface area contributed by atoms with Gasteiger partial charge in [-0.25, -0.2) is 29.9 Å². The summed E-state index contributed by atoms with van der Waals surface area (Å²) >= 11 is 0. The molecule has 0 N–H and O–H groups in total. The normalized spacial score (nSPS) is 11.3. The number of para-hydroxylation sites is 2. The van der Waals surface area contributed by atoms with Crippen molar-refractivity contribution in [3.05, 3.63) is 461 Å². The van der Waals surface area contributed by atoms with Gasteiger partial charge in [-0.2, -0.15) is 0 Å². The summed E-state index contributed by atoms with van der Waals surface area (Å²) in [5.41, 5.74) is 31.0. The first-order valence-electron chi connectivity index (χ1n) is 41.2. The van der Waals surface area contributed by atoms with Crippen LogP contribution < -0.4 is 0 Å². The van der Waals surface area contributed by atoms with E-state index in [4.69, 9.17) is 29.9 Å². The molecule has 8 heteroatoms. The van der Waals surface area contributed by atoms with Gasteiger partial charge in [0.1, 0.15) is 0 Å². The van der Waals surface area contributed by atoms with E-state index in [2.05, 4.69) is 397 Å². The molecule has 0 spiro atoms. The summed E-state index contributed by atoms with van der Waals surface area (Å²) < 4.78 is 4.74. The molecule has 0 aliphatic carbocycles. The quantitative estimate of drug-likeness (QED) is 0.0958. The first-order chi connectivity index (χ1) is 60.4. The van der Waals surface area contributed by atoms with E-state index in [1.807, 2.05) is 72.8 Å². The van der Waals surface area contributed by atoms with Crippen molar-refractivity contribution in [1.29, 1.82) is 0 Å². The largest absolute Gasteiger partial charge is 0.309 e. The highest BCUT2D eigenvalue weighted by molar-refractivity contribution is 6.12. The van der Waals surface area contributed by atoms with Gasteiger partial charge in [-0.3, -0.25) is 0 Å². The SMILES string of the molecule is c1ccc(-c2cc(-c3ccccc3)cc(-c3nc(-c4ccccc4)nc(-c4ccc(-c5ccc(-n6c7ccccc7c7cc(-c8ccccc8)ccc76)cc5)cc4)n3)c2)cc1.c1ccc(-c2ccc3c(c2)c2ccccc2n3-c2ccc(-c3ccc(-c4nc(-c5ccccc5)nc(-c5ccc(-c6ccccc6)c(-c6ccccc6)c5)n4)cc3)cc2)cc1. The first-order valence-corrected chi connectivity index (χ1v) is 41.2. The summed E-state index contributed by atoms with van der Waals surface area (Å²) in [6.07, 6.45) is 0. The standard InChI is InChI=1S/2C57H38N4/c1-5-15-39(16-6-1)46-32-36-54-52(37-46)50-23-13-14-24-53(50)61(54)48-33-29-41(30-34-48)40-25-27-45(28-26-40)56-58-55(44-21-11-4-12-22-44)59-57(60-56)47-31-35-49(42-17-7-2-8-18-42)51(38-47)43-19-9-3-10-20-43;1-5-15-39(16-6-1)46-31-34-54-52(38-46)51-23-13-14-24-53(51)61(54)50-32-29-43(30-33-50)42-25-27-45(28-26-42)56-58-55(44-21-11-4-12-22-44)59-57(60-56)49-36-47(40-17-7-2-8-18-40)35-48(37-49)41-19-9-3-10-20-41/h2*1-38H. The van der Waals surface area contributed by atoms with Crippen LogP contribution in [0.4, 0.5) is 0 Å². The molecule has 0 saturated carbocycles. The van der Waals surface area contributed by atoms with Gasteiger partial charge < -0.3 is 9.13 Å². The summed E-state index contributed by atoms with van der Waals surface area (Å²) in [5, 5.41) is 4.98. The Kier molecular flexibility index (Phi) is 19.6. The van der Waals surface area contributed by atoms with Gasteiger partial charge in [0.2, 0.25) is 0 Å². The Labute approximate surface area is 707 Å². The van der Waals surface area contributed by atoms with Crippen LogP contribution in [-0.2, 0) is 0 Å². The van der Waals surface area contributed by atoms with E-state index in [9.17, 15) is 0 Å². The van der Waals surface area contributed by atoms with Gasteiger partial charge in [-0.05, 0) is 174 Å². The maximum absolute atomic E-state index is 5.16. The lowest BCUT2D eigenvalue weighted by atomic mass is 9.92. The van der Waals surface area contributed by atoms with Crippen molar-refractivity contribution in [2.75, 3.05) is 0 Å². The third-order valence-corrected chi connectivity index (χ3v) is 23.0. The topological polar surface area (TPSA) is 87.2 Å². The highest BCUT2D eigenvalue weighted by Gasteiger charge is 2.21. The Bertz CT molecular complexity index is 7460. The minimum absolute atomic E-state index is 0.624. The molecule has 0 fully saturated rings.